The van der Waals surface area contributed by atoms with E-state index in [0.717, 1.165) is 38.6 Å². The average Bonchev–Trinajstić information content (AvgIpc) is 3.24. The van der Waals surface area contributed by atoms with Gasteiger partial charge in [0.2, 0.25) is 5.91 Å². The Morgan fingerprint density at radius 1 is 1.07 bits per heavy atom. The summed E-state index contributed by atoms with van der Waals surface area (Å²) in [5, 5.41) is 13.9. The summed E-state index contributed by atoms with van der Waals surface area (Å²) in [4.78, 5) is 32.6. The average molecular weight is 395 g/mol. The van der Waals surface area contributed by atoms with Gasteiger partial charge >= 0.3 is 0 Å². The highest BCUT2D eigenvalue weighted by Crippen LogP contribution is 2.39. The summed E-state index contributed by atoms with van der Waals surface area (Å²) < 4.78 is 1.66. The summed E-state index contributed by atoms with van der Waals surface area (Å²) in [6.07, 6.45) is 8.91. The largest absolute Gasteiger partial charge is 0.352 e. The molecule has 4 heterocycles. The minimum atomic E-state index is -0.476. The van der Waals surface area contributed by atoms with Gasteiger partial charge < -0.3 is 10.6 Å². The van der Waals surface area contributed by atoms with E-state index in [2.05, 4.69) is 30.7 Å². The first-order valence-corrected chi connectivity index (χ1v) is 10.3. The lowest BCUT2D eigenvalue weighted by molar-refractivity contribution is -0.134. The lowest BCUT2D eigenvalue weighted by Crippen LogP contribution is -2.57. The van der Waals surface area contributed by atoms with Gasteiger partial charge in [-0.15, -0.1) is 10.2 Å². The zero-order chi connectivity index (χ0) is 19.8. The topological polar surface area (TPSA) is 105 Å². The summed E-state index contributed by atoms with van der Waals surface area (Å²) in [5.74, 6) is 0.512. The van der Waals surface area contributed by atoms with Crippen LogP contribution in [0.25, 0.3) is 5.82 Å². The molecule has 5 rings (SSSR count). The molecule has 0 radical (unpaired) electrons. The number of nitrogens with zero attached hydrogens (tertiary/aromatic N) is 5. The first-order valence-electron chi connectivity index (χ1n) is 10.3. The number of piperidine rings is 1. The van der Waals surface area contributed by atoms with E-state index < -0.39 is 5.54 Å². The molecular formula is C20H25N7O2. The van der Waals surface area contributed by atoms with Crippen LogP contribution in [0.5, 0.6) is 0 Å². The molecular weight excluding hydrogens is 370 g/mol. The molecule has 2 N–H and O–H groups in total. The van der Waals surface area contributed by atoms with Crippen molar-refractivity contribution in [2.45, 2.75) is 56.1 Å². The molecule has 1 aliphatic carbocycles. The molecule has 2 atom stereocenters. The van der Waals surface area contributed by atoms with Crippen molar-refractivity contribution in [1.82, 2.24) is 35.3 Å². The van der Waals surface area contributed by atoms with Crippen LogP contribution in [0.4, 0.5) is 0 Å². The SMILES string of the molecule is O=C(N[C@@H]1CN2CCCC[C@@]2(C(=O)NC2CC2)C1)c1cccc(-n2cnnc2)n1. The maximum absolute atomic E-state index is 13.0. The highest BCUT2D eigenvalue weighted by Gasteiger charge is 2.52. The van der Waals surface area contributed by atoms with Crippen LogP contribution in [0.15, 0.2) is 30.9 Å². The standard InChI is InChI=1S/C20H25N7O2/c28-18(16-4-3-5-17(25-16)26-12-21-22-13-26)23-15-10-20(19(29)24-14-6-7-14)8-1-2-9-27(20)11-15/h3-5,12-15H,1-2,6-11H2,(H,23,28)(H,24,29)/t15-,20-/m0/s1. The van der Waals surface area contributed by atoms with Crippen molar-refractivity contribution >= 4 is 11.8 Å². The van der Waals surface area contributed by atoms with Crippen LogP contribution in [0.2, 0.25) is 0 Å². The van der Waals surface area contributed by atoms with Crippen LogP contribution >= 0.6 is 0 Å². The number of hydrogen-bond donors (Lipinski definition) is 2. The smallest absolute Gasteiger partial charge is 0.270 e. The zero-order valence-electron chi connectivity index (χ0n) is 16.3. The minimum absolute atomic E-state index is 0.0640. The summed E-state index contributed by atoms with van der Waals surface area (Å²) in [6.45, 7) is 1.61. The number of pyridine rings is 1. The predicted octanol–water partition coefficient (Wildman–Crippen LogP) is 0.668. The van der Waals surface area contributed by atoms with Crippen molar-refractivity contribution < 1.29 is 9.59 Å². The van der Waals surface area contributed by atoms with Crippen LogP contribution in [0, 0.1) is 0 Å². The van der Waals surface area contributed by atoms with Crippen molar-refractivity contribution in [3.05, 3.63) is 36.5 Å². The quantitative estimate of drug-likeness (QED) is 0.771. The van der Waals surface area contributed by atoms with Crippen LogP contribution in [-0.2, 0) is 4.79 Å². The molecule has 0 spiro atoms. The summed E-state index contributed by atoms with van der Waals surface area (Å²) in [7, 11) is 0. The number of carbonyl (C=O) groups excluding carboxylic acids is 2. The molecule has 2 saturated heterocycles. The zero-order valence-corrected chi connectivity index (χ0v) is 16.3. The number of carbonyl (C=O) groups is 2. The maximum atomic E-state index is 13.0. The van der Waals surface area contributed by atoms with Crippen molar-refractivity contribution in [2.24, 2.45) is 0 Å². The van der Waals surface area contributed by atoms with Gasteiger partial charge in [0.05, 0.1) is 0 Å². The molecule has 2 aromatic rings. The molecule has 9 nitrogen and oxygen atoms in total. The molecule has 9 heteroatoms. The fourth-order valence-electron chi connectivity index (χ4n) is 4.59. The van der Waals surface area contributed by atoms with Crippen molar-refractivity contribution in [3.8, 4) is 5.82 Å². The molecule has 0 unspecified atom stereocenters. The number of rotatable bonds is 5. The number of nitrogens with one attached hydrogen (secondary N) is 2. The third-order valence-corrected chi connectivity index (χ3v) is 6.22. The molecule has 3 aliphatic rings. The van der Waals surface area contributed by atoms with E-state index in [1.807, 2.05) is 0 Å². The van der Waals surface area contributed by atoms with E-state index in [9.17, 15) is 9.59 Å². The third kappa shape index (κ3) is 3.50. The van der Waals surface area contributed by atoms with E-state index in [-0.39, 0.29) is 17.9 Å². The second-order valence-electron chi connectivity index (χ2n) is 8.31. The minimum Gasteiger partial charge on any atom is -0.352 e. The van der Waals surface area contributed by atoms with E-state index in [0.29, 0.717) is 30.5 Å². The second-order valence-corrected chi connectivity index (χ2v) is 8.31. The van der Waals surface area contributed by atoms with Gasteiger partial charge in [-0.3, -0.25) is 19.1 Å². The van der Waals surface area contributed by atoms with E-state index in [1.165, 1.54) is 0 Å². The van der Waals surface area contributed by atoms with Crippen LogP contribution < -0.4 is 10.6 Å². The fraction of sp³-hybridized carbons (Fsp3) is 0.550. The van der Waals surface area contributed by atoms with Crippen LogP contribution in [0.3, 0.4) is 0 Å². The normalized spacial score (nSPS) is 26.7. The van der Waals surface area contributed by atoms with Gasteiger partial charge in [0, 0.05) is 18.6 Å². The summed E-state index contributed by atoms with van der Waals surface area (Å²) in [5.41, 5.74) is -0.131. The monoisotopic (exact) mass is 395 g/mol. The van der Waals surface area contributed by atoms with E-state index in [4.69, 9.17) is 0 Å². The molecule has 0 aromatic carbocycles. The van der Waals surface area contributed by atoms with Gasteiger partial charge in [0.15, 0.2) is 0 Å². The molecule has 3 fully saturated rings. The van der Waals surface area contributed by atoms with Crippen LogP contribution in [0.1, 0.15) is 49.0 Å². The molecule has 2 aromatic heterocycles. The molecule has 0 bridgehead atoms. The third-order valence-electron chi connectivity index (χ3n) is 6.22. The van der Waals surface area contributed by atoms with Gasteiger partial charge in [0.1, 0.15) is 29.7 Å². The summed E-state index contributed by atoms with van der Waals surface area (Å²) in [6, 6.07) is 5.57. The Morgan fingerprint density at radius 2 is 1.90 bits per heavy atom. The number of fused-ring (bicyclic) bond motifs is 1. The molecule has 152 valence electrons. The molecule has 29 heavy (non-hydrogen) atoms. The Balaban J connectivity index is 1.30. The van der Waals surface area contributed by atoms with Crippen molar-refractivity contribution in [3.63, 3.8) is 0 Å². The van der Waals surface area contributed by atoms with Crippen molar-refractivity contribution in [1.29, 1.82) is 0 Å². The Labute approximate surface area is 168 Å². The van der Waals surface area contributed by atoms with Gasteiger partial charge in [-0.2, -0.15) is 0 Å². The lowest BCUT2D eigenvalue weighted by Gasteiger charge is -2.40. The Hall–Kier alpha value is -2.81. The second kappa shape index (κ2) is 7.22. The predicted molar refractivity (Wildman–Crippen MR) is 104 cm³/mol. The van der Waals surface area contributed by atoms with Gasteiger partial charge in [-0.05, 0) is 57.2 Å². The molecule has 2 aliphatic heterocycles. The van der Waals surface area contributed by atoms with Gasteiger partial charge in [0.25, 0.3) is 5.91 Å². The van der Waals surface area contributed by atoms with E-state index >= 15 is 0 Å². The van der Waals surface area contributed by atoms with Crippen LogP contribution in [-0.4, -0.2) is 67.2 Å². The first kappa shape index (κ1) is 18.2. The highest BCUT2D eigenvalue weighted by molar-refractivity contribution is 5.93. The Bertz CT molecular complexity index is 911. The molecule has 2 amide bonds. The number of hydrogen-bond acceptors (Lipinski definition) is 6. The first-order chi connectivity index (χ1) is 14.1. The highest BCUT2D eigenvalue weighted by atomic mass is 16.2. The fourth-order valence-corrected chi connectivity index (χ4v) is 4.59. The number of amides is 2. The number of aromatic nitrogens is 4. The van der Waals surface area contributed by atoms with E-state index in [1.54, 1.807) is 35.4 Å². The van der Waals surface area contributed by atoms with Crippen molar-refractivity contribution in [2.75, 3.05) is 13.1 Å². The van der Waals surface area contributed by atoms with Gasteiger partial charge in [-0.25, -0.2) is 4.98 Å². The van der Waals surface area contributed by atoms with Gasteiger partial charge in [-0.1, -0.05) is 6.07 Å². The summed E-state index contributed by atoms with van der Waals surface area (Å²) >= 11 is 0. The Morgan fingerprint density at radius 3 is 2.69 bits per heavy atom. The maximum Gasteiger partial charge on any atom is 0.270 e. The lowest BCUT2D eigenvalue weighted by atomic mass is 9.84. The Kier molecular flexibility index (Phi) is 4.54. The molecule has 1 saturated carbocycles.